The van der Waals surface area contributed by atoms with Crippen LogP contribution >= 0.6 is 0 Å². The fourth-order valence-electron chi connectivity index (χ4n) is 1.38. The molecule has 2 aromatic heterocycles. The first kappa shape index (κ1) is 7.91. The van der Waals surface area contributed by atoms with Crippen molar-refractivity contribution in [2.45, 2.75) is 6.92 Å². The number of carbonyl (C=O) groups excluding carboxylic acids is 1. The van der Waals surface area contributed by atoms with E-state index in [2.05, 4.69) is 4.98 Å². The fraction of sp³-hybridized carbons (Fsp3) is 0.111. The molecule has 0 atom stereocenters. The van der Waals surface area contributed by atoms with Crippen molar-refractivity contribution in [2.24, 2.45) is 0 Å². The maximum atomic E-state index is 13.2. The van der Waals surface area contributed by atoms with Crippen LogP contribution in [0.15, 0.2) is 18.3 Å². The molecule has 0 bridgehead atoms. The van der Waals surface area contributed by atoms with Gasteiger partial charge in [-0.1, -0.05) is 0 Å². The van der Waals surface area contributed by atoms with E-state index < -0.39 is 0 Å². The number of hydrogen-bond donors (Lipinski definition) is 0. The van der Waals surface area contributed by atoms with Crippen LogP contribution in [-0.2, 0) is 0 Å². The van der Waals surface area contributed by atoms with Crippen molar-refractivity contribution < 1.29 is 9.18 Å². The Labute approximate surface area is 73.8 Å². The first-order valence-electron chi connectivity index (χ1n) is 3.82. The van der Waals surface area contributed by atoms with Crippen LogP contribution in [-0.4, -0.2) is 15.7 Å². The zero-order chi connectivity index (χ0) is 9.42. The van der Waals surface area contributed by atoms with Crippen LogP contribution < -0.4 is 0 Å². The lowest BCUT2D eigenvalue weighted by Crippen LogP contribution is -1.92. The van der Waals surface area contributed by atoms with Crippen molar-refractivity contribution in [1.29, 1.82) is 0 Å². The molecule has 4 heteroatoms. The Balaban J connectivity index is 2.95. The molecule has 13 heavy (non-hydrogen) atoms. The number of halogens is 1. The highest BCUT2D eigenvalue weighted by atomic mass is 19.1. The monoisotopic (exact) mass is 178 g/mol. The Bertz CT molecular complexity index is 476. The summed E-state index contributed by atoms with van der Waals surface area (Å²) in [5.41, 5.74) is 0.893. The van der Waals surface area contributed by atoms with Crippen LogP contribution in [0.1, 0.15) is 16.3 Å². The number of carbonyl (C=O) groups is 1. The number of aryl methyl sites for hydroxylation is 1. The van der Waals surface area contributed by atoms with Crippen LogP contribution in [0.4, 0.5) is 4.39 Å². The van der Waals surface area contributed by atoms with Gasteiger partial charge >= 0.3 is 0 Å². The van der Waals surface area contributed by atoms with E-state index in [9.17, 15) is 9.18 Å². The number of imidazole rings is 1. The molecule has 2 rings (SSSR count). The second-order valence-electron chi connectivity index (χ2n) is 2.75. The third kappa shape index (κ3) is 1.02. The summed E-state index contributed by atoms with van der Waals surface area (Å²) in [4.78, 5) is 14.5. The molecule has 0 aliphatic rings. The molecule has 2 aromatic rings. The molecule has 0 spiro atoms. The average molecular weight is 178 g/mol. The van der Waals surface area contributed by atoms with E-state index in [4.69, 9.17) is 0 Å². The van der Waals surface area contributed by atoms with Gasteiger partial charge in [0.05, 0.1) is 5.69 Å². The van der Waals surface area contributed by atoms with Gasteiger partial charge in [0.25, 0.3) is 0 Å². The summed E-state index contributed by atoms with van der Waals surface area (Å²) in [6.45, 7) is 1.67. The van der Waals surface area contributed by atoms with Gasteiger partial charge in [-0.2, -0.15) is 0 Å². The number of aldehydes is 1. The lowest BCUT2D eigenvalue weighted by Gasteiger charge is -1.95. The summed E-state index contributed by atoms with van der Waals surface area (Å²) >= 11 is 0. The minimum Gasteiger partial charge on any atom is -0.295 e. The Kier molecular flexibility index (Phi) is 1.62. The lowest BCUT2D eigenvalue weighted by atomic mass is 10.3. The maximum Gasteiger partial charge on any atom is 0.185 e. The van der Waals surface area contributed by atoms with Crippen molar-refractivity contribution in [2.75, 3.05) is 0 Å². The van der Waals surface area contributed by atoms with Crippen molar-refractivity contribution in [3.05, 3.63) is 35.7 Å². The number of fused-ring (bicyclic) bond motifs is 1. The quantitative estimate of drug-likeness (QED) is 0.621. The molecule has 0 aromatic carbocycles. The topological polar surface area (TPSA) is 34.4 Å². The summed E-state index contributed by atoms with van der Waals surface area (Å²) in [6, 6.07) is 2.88. The molecule has 0 aliphatic heterocycles. The number of aromatic nitrogens is 2. The summed E-state index contributed by atoms with van der Waals surface area (Å²) in [7, 11) is 0. The van der Waals surface area contributed by atoms with Crippen LogP contribution in [0, 0.1) is 12.7 Å². The van der Waals surface area contributed by atoms with Crippen LogP contribution in [0.2, 0.25) is 0 Å². The van der Waals surface area contributed by atoms with Crippen molar-refractivity contribution in [3.8, 4) is 0 Å². The Morgan fingerprint density at radius 3 is 3.08 bits per heavy atom. The van der Waals surface area contributed by atoms with E-state index in [1.165, 1.54) is 16.5 Å². The fourth-order valence-corrected chi connectivity index (χ4v) is 1.38. The van der Waals surface area contributed by atoms with Gasteiger partial charge in [0, 0.05) is 6.20 Å². The molecule has 0 saturated heterocycles. The number of nitrogens with zero attached hydrogens (tertiary/aromatic N) is 2. The molecule has 0 amide bonds. The standard InChI is InChI=1S/C9H7FN2O/c1-6-9-7(10)3-2-4-12(9)8(5-13)11-6/h2-5H,1H3. The highest BCUT2D eigenvalue weighted by Crippen LogP contribution is 2.14. The molecule has 0 N–H and O–H groups in total. The van der Waals surface area contributed by atoms with Gasteiger partial charge in [0.1, 0.15) is 11.3 Å². The third-order valence-electron chi connectivity index (χ3n) is 1.92. The zero-order valence-corrected chi connectivity index (χ0v) is 6.99. The summed E-state index contributed by atoms with van der Waals surface area (Å²) < 4.78 is 14.7. The van der Waals surface area contributed by atoms with Crippen molar-refractivity contribution in [3.63, 3.8) is 0 Å². The van der Waals surface area contributed by atoms with Crippen LogP contribution in [0.25, 0.3) is 5.52 Å². The van der Waals surface area contributed by atoms with E-state index in [0.29, 0.717) is 17.5 Å². The van der Waals surface area contributed by atoms with Crippen molar-refractivity contribution >= 4 is 11.8 Å². The summed E-state index contributed by atoms with van der Waals surface area (Å²) in [5.74, 6) is -0.132. The molecular formula is C9H7FN2O. The Hall–Kier alpha value is -1.71. The molecule has 0 unspecified atom stereocenters. The Morgan fingerprint density at radius 2 is 2.38 bits per heavy atom. The first-order chi connectivity index (χ1) is 6.24. The number of rotatable bonds is 1. The lowest BCUT2D eigenvalue weighted by molar-refractivity contribution is 0.111. The SMILES string of the molecule is Cc1nc(C=O)n2cccc(F)c12. The normalized spacial score (nSPS) is 10.6. The minimum absolute atomic E-state index is 0.229. The molecule has 66 valence electrons. The molecule has 3 nitrogen and oxygen atoms in total. The van der Waals surface area contributed by atoms with Gasteiger partial charge in [-0.15, -0.1) is 0 Å². The van der Waals surface area contributed by atoms with E-state index in [1.54, 1.807) is 13.1 Å². The van der Waals surface area contributed by atoms with Crippen LogP contribution in [0.5, 0.6) is 0 Å². The van der Waals surface area contributed by atoms with E-state index in [1.807, 2.05) is 0 Å². The predicted octanol–water partition coefficient (Wildman–Crippen LogP) is 1.59. The summed E-state index contributed by atoms with van der Waals surface area (Å²) in [5, 5.41) is 0. The number of hydrogen-bond acceptors (Lipinski definition) is 2. The van der Waals surface area contributed by atoms with E-state index in [-0.39, 0.29) is 11.6 Å². The van der Waals surface area contributed by atoms with Gasteiger partial charge in [-0.05, 0) is 19.1 Å². The zero-order valence-electron chi connectivity index (χ0n) is 6.99. The van der Waals surface area contributed by atoms with Crippen LogP contribution in [0.3, 0.4) is 0 Å². The first-order valence-corrected chi connectivity index (χ1v) is 3.82. The second-order valence-corrected chi connectivity index (χ2v) is 2.75. The minimum atomic E-state index is -0.361. The molecule has 2 heterocycles. The average Bonchev–Trinajstić information content (AvgIpc) is 2.44. The third-order valence-corrected chi connectivity index (χ3v) is 1.92. The smallest absolute Gasteiger partial charge is 0.185 e. The van der Waals surface area contributed by atoms with Gasteiger partial charge in [-0.3, -0.25) is 9.20 Å². The molecular weight excluding hydrogens is 171 g/mol. The largest absolute Gasteiger partial charge is 0.295 e. The maximum absolute atomic E-state index is 13.2. The van der Waals surface area contributed by atoms with Gasteiger partial charge < -0.3 is 0 Å². The second kappa shape index (κ2) is 2.65. The summed E-state index contributed by atoms with van der Waals surface area (Å²) in [6.07, 6.45) is 2.22. The highest BCUT2D eigenvalue weighted by molar-refractivity contribution is 5.73. The molecule has 0 radical (unpaired) electrons. The molecule has 0 saturated carbocycles. The predicted molar refractivity (Wildman–Crippen MR) is 45.3 cm³/mol. The highest BCUT2D eigenvalue weighted by Gasteiger charge is 2.09. The number of pyridine rings is 1. The Morgan fingerprint density at radius 1 is 1.62 bits per heavy atom. The van der Waals surface area contributed by atoms with Gasteiger partial charge in [0.15, 0.2) is 12.1 Å². The molecule has 0 aliphatic carbocycles. The van der Waals surface area contributed by atoms with Gasteiger partial charge in [-0.25, -0.2) is 9.37 Å². The van der Waals surface area contributed by atoms with Gasteiger partial charge in [0.2, 0.25) is 0 Å². The van der Waals surface area contributed by atoms with E-state index in [0.717, 1.165) is 0 Å². The van der Waals surface area contributed by atoms with Crippen molar-refractivity contribution in [1.82, 2.24) is 9.38 Å². The van der Waals surface area contributed by atoms with E-state index >= 15 is 0 Å². The molecule has 0 fully saturated rings.